The van der Waals surface area contributed by atoms with Gasteiger partial charge in [-0.15, -0.1) is 0 Å². The number of hydrogen-bond acceptors (Lipinski definition) is 7. The van der Waals surface area contributed by atoms with Crippen LogP contribution in [-0.2, 0) is 9.52 Å². The topological polar surface area (TPSA) is 107 Å². The Morgan fingerprint density at radius 3 is 2.21 bits per heavy atom. The molecule has 1 unspecified atom stereocenters. The Morgan fingerprint density at radius 1 is 1.18 bits per heavy atom. The van der Waals surface area contributed by atoms with E-state index in [2.05, 4.69) is 26.5 Å². The van der Waals surface area contributed by atoms with Gasteiger partial charge in [0, 0.05) is 41.8 Å². The molecule has 1 aromatic carbocycles. The molecule has 0 aliphatic rings. The average Bonchev–Trinajstić information content (AvgIpc) is 2.79. The molecule has 2 aromatic rings. The van der Waals surface area contributed by atoms with Crippen molar-refractivity contribution >= 4 is 38.4 Å². The molecule has 2 rings (SSSR count). The lowest BCUT2D eigenvalue weighted by Gasteiger charge is -2.13. The predicted molar refractivity (Wildman–Crippen MR) is 144 cm³/mol. The first kappa shape index (κ1) is 30.3. The number of aliphatic hydroxyl groups excluding tert-OH is 2. The summed E-state index contributed by atoms with van der Waals surface area (Å²) in [6, 6.07) is 7.24. The van der Waals surface area contributed by atoms with Crippen molar-refractivity contribution in [2.45, 2.75) is 46.4 Å². The van der Waals surface area contributed by atoms with Gasteiger partial charge in [0.25, 0.3) is 0 Å². The number of aromatic nitrogens is 2. The Kier molecular flexibility index (Phi) is 14.7. The van der Waals surface area contributed by atoms with Gasteiger partial charge in [0.15, 0.2) is 0 Å². The van der Waals surface area contributed by atoms with Crippen LogP contribution in [0.5, 0.6) is 0 Å². The summed E-state index contributed by atoms with van der Waals surface area (Å²) in [7, 11) is -2.23. The molecule has 33 heavy (non-hydrogen) atoms. The molecule has 7 nitrogen and oxygen atoms in total. The Balaban J connectivity index is 0.00000189. The zero-order valence-electron chi connectivity index (χ0n) is 21.0. The summed E-state index contributed by atoms with van der Waals surface area (Å²) in [4.78, 5) is 9.70. The highest BCUT2D eigenvalue weighted by molar-refractivity contribution is 7.99. The van der Waals surface area contributed by atoms with E-state index in [9.17, 15) is 9.32 Å². The van der Waals surface area contributed by atoms with E-state index in [1.165, 1.54) is 0 Å². The van der Waals surface area contributed by atoms with Crippen molar-refractivity contribution in [3.05, 3.63) is 53.8 Å². The van der Waals surface area contributed by atoms with E-state index in [0.29, 0.717) is 16.7 Å². The van der Waals surface area contributed by atoms with Crippen LogP contribution in [0.3, 0.4) is 0 Å². The van der Waals surface area contributed by atoms with Gasteiger partial charge < -0.3 is 20.8 Å². The number of hydrogen-bond donors (Lipinski definition) is 4. The third kappa shape index (κ3) is 10.7. The van der Waals surface area contributed by atoms with Crippen molar-refractivity contribution in [3.8, 4) is 0 Å². The van der Waals surface area contributed by atoms with Crippen LogP contribution in [0, 0.1) is 0 Å². The third-order valence-corrected chi connectivity index (χ3v) is 5.39. The fraction of sp³-hybridized carbons (Fsp3) is 0.400. The van der Waals surface area contributed by atoms with Gasteiger partial charge >= 0.3 is 0 Å². The molecule has 1 heterocycles. The van der Waals surface area contributed by atoms with E-state index >= 15 is 0 Å². The number of rotatable bonds is 8. The highest BCUT2D eigenvalue weighted by Gasteiger charge is 2.10. The lowest BCUT2D eigenvalue weighted by atomic mass is 10.1. The Morgan fingerprint density at radius 2 is 1.76 bits per heavy atom. The van der Waals surface area contributed by atoms with Gasteiger partial charge in [0.1, 0.15) is 5.82 Å². The third-order valence-electron chi connectivity index (χ3n) is 4.12. The van der Waals surface area contributed by atoms with Crippen LogP contribution in [-0.4, -0.2) is 56.3 Å². The standard InChI is InChI=1S/C21H28N4O2S.C2H6O.C2H6/c1-6-16(14-26)12-15(3)19-13-23-21(25-20(19)22-7-2)24-17-8-10-18(11-9-17)28(4,5)27;1-2-3;1-2/h6,8-13,26H,4,7,14H2,1-3,5H3,(H2,22,23,24,25);3H,2H2,1H3;1-2H3/b15-12+,16-6+;;. The molecular formula is C25H40N4O3S. The number of nitrogens with zero attached hydrogens (tertiary/aromatic N) is 2. The molecule has 0 bridgehead atoms. The summed E-state index contributed by atoms with van der Waals surface area (Å²) >= 11 is 0. The molecule has 184 valence electrons. The van der Waals surface area contributed by atoms with Crippen molar-refractivity contribution in [1.82, 2.24) is 9.97 Å². The zero-order valence-corrected chi connectivity index (χ0v) is 21.8. The molecule has 0 amide bonds. The molecule has 0 radical (unpaired) electrons. The van der Waals surface area contributed by atoms with E-state index in [4.69, 9.17) is 5.11 Å². The van der Waals surface area contributed by atoms with E-state index < -0.39 is 9.52 Å². The van der Waals surface area contributed by atoms with Gasteiger partial charge in [0.05, 0.1) is 6.61 Å². The van der Waals surface area contributed by atoms with Crippen LogP contribution < -0.4 is 10.6 Å². The van der Waals surface area contributed by atoms with E-state index in [1.54, 1.807) is 31.5 Å². The van der Waals surface area contributed by atoms with Crippen LogP contribution in [0.25, 0.3) is 5.57 Å². The van der Waals surface area contributed by atoms with Crippen LogP contribution >= 0.6 is 0 Å². The molecule has 1 aromatic heterocycles. The van der Waals surface area contributed by atoms with Crippen molar-refractivity contribution < 1.29 is 14.4 Å². The fourth-order valence-corrected chi connectivity index (χ4v) is 3.28. The molecule has 8 heteroatoms. The smallest absolute Gasteiger partial charge is 0.229 e. The molecule has 0 aliphatic heterocycles. The summed E-state index contributed by atoms with van der Waals surface area (Å²) < 4.78 is 12.0. The first-order chi connectivity index (χ1) is 15.7. The lowest BCUT2D eigenvalue weighted by molar-refractivity contribution is 0.318. The highest BCUT2D eigenvalue weighted by Crippen LogP contribution is 2.25. The van der Waals surface area contributed by atoms with Crippen molar-refractivity contribution in [1.29, 1.82) is 0 Å². The minimum atomic E-state index is -2.23. The summed E-state index contributed by atoms with van der Waals surface area (Å²) in [5, 5.41) is 23.4. The van der Waals surface area contributed by atoms with Crippen molar-refractivity contribution in [2.24, 2.45) is 0 Å². The van der Waals surface area contributed by atoms with Crippen LogP contribution in [0.2, 0.25) is 0 Å². The van der Waals surface area contributed by atoms with Crippen molar-refractivity contribution in [3.63, 3.8) is 0 Å². The van der Waals surface area contributed by atoms with E-state index in [-0.39, 0.29) is 13.2 Å². The minimum Gasteiger partial charge on any atom is -0.397 e. The molecule has 0 saturated carbocycles. The fourth-order valence-electron chi connectivity index (χ4n) is 2.56. The number of nitrogens with one attached hydrogen (secondary N) is 2. The minimum absolute atomic E-state index is 0.0156. The first-order valence-corrected chi connectivity index (χ1v) is 13.2. The number of benzene rings is 1. The second-order valence-corrected chi connectivity index (χ2v) is 9.29. The maximum Gasteiger partial charge on any atom is 0.229 e. The molecule has 1 atom stereocenters. The van der Waals surface area contributed by atoms with Crippen LogP contribution in [0.1, 0.15) is 47.1 Å². The zero-order chi connectivity index (χ0) is 25.4. The predicted octanol–water partition coefficient (Wildman–Crippen LogP) is 4.72. The van der Waals surface area contributed by atoms with Gasteiger partial charge in [-0.1, -0.05) is 26.0 Å². The van der Waals surface area contributed by atoms with Gasteiger partial charge in [-0.2, -0.15) is 4.98 Å². The Hall–Kier alpha value is -2.68. The number of aliphatic hydroxyl groups is 2. The lowest BCUT2D eigenvalue weighted by Crippen LogP contribution is -2.07. The molecule has 0 fully saturated rings. The SMILES string of the molecule is C=S(C)(=O)c1ccc(Nc2ncc(/C(C)=C/C(=C\C)CO)c(NCC)n2)cc1.CC.CCO. The molecule has 4 N–H and O–H groups in total. The summed E-state index contributed by atoms with van der Waals surface area (Å²) in [5.41, 5.74) is 3.46. The summed E-state index contributed by atoms with van der Waals surface area (Å²) in [6.07, 6.45) is 7.17. The van der Waals surface area contributed by atoms with Gasteiger partial charge in [0.2, 0.25) is 5.95 Å². The molecular weight excluding hydrogens is 436 g/mol. The molecule has 0 aliphatic carbocycles. The number of anilines is 3. The normalized spacial score (nSPS) is 13.0. The molecule has 0 spiro atoms. The maximum atomic E-state index is 12.0. The maximum absolute atomic E-state index is 12.0. The quantitative estimate of drug-likeness (QED) is 0.322. The van der Waals surface area contributed by atoms with Gasteiger partial charge in [-0.25, -0.2) is 4.98 Å². The van der Waals surface area contributed by atoms with Crippen LogP contribution in [0.4, 0.5) is 17.5 Å². The second-order valence-electron chi connectivity index (χ2n) is 6.81. The van der Waals surface area contributed by atoms with Gasteiger partial charge in [-0.05, 0) is 78.5 Å². The monoisotopic (exact) mass is 476 g/mol. The highest BCUT2D eigenvalue weighted by atomic mass is 32.2. The van der Waals surface area contributed by atoms with Gasteiger partial charge in [-0.3, -0.25) is 4.21 Å². The first-order valence-electron chi connectivity index (χ1n) is 11.1. The van der Waals surface area contributed by atoms with Crippen LogP contribution in [0.15, 0.2) is 53.1 Å². The summed E-state index contributed by atoms with van der Waals surface area (Å²) in [5.74, 6) is 4.87. The summed E-state index contributed by atoms with van der Waals surface area (Å²) in [6.45, 7) is 12.5. The van der Waals surface area contributed by atoms with Crippen molar-refractivity contribution in [2.75, 3.05) is 36.6 Å². The Bertz CT molecular complexity index is 999. The number of allylic oxidation sites excluding steroid dienone is 2. The molecule has 0 saturated heterocycles. The average molecular weight is 477 g/mol. The van der Waals surface area contributed by atoms with E-state index in [0.717, 1.165) is 28.9 Å². The largest absolute Gasteiger partial charge is 0.397 e. The second kappa shape index (κ2) is 16.0. The van der Waals surface area contributed by atoms with E-state index in [1.807, 2.05) is 58.9 Å². The Labute approximate surface area is 199 Å².